The molecule has 2 aliphatic heterocycles. The molecule has 0 radical (unpaired) electrons. The van der Waals surface area contributed by atoms with Gasteiger partial charge in [0.05, 0.1) is 17.2 Å². The number of ether oxygens (including phenoxy) is 1. The van der Waals surface area contributed by atoms with Gasteiger partial charge in [-0.1, -0.05) is 59.6 Å². The van der Waals surface area contributed by atoms with Gasteiger partial charge in [-0.3, -0.25) is 18.8 Å². The maximum Gasteiger partial charge on any atom is 0.262 e. The van der Waals surface area contributed by atoms with Crippen LogP contribution in [0.2, 0.25) is 10.0 Å². The monoisotopic (exact) mass is 742 g/mol. The number of pyridine rings is 1. The topological polar surface area (TPSA) is 126 Å². The molecule has 0 unspecified atom stereocenters. The van der Waals surface area contributed by atoms with Crippen molar-refractivity contribution < 1.29 is 18.7 Å². The third kappa shape index (κ3) is 7.40. The fourth-order valence-electron chi connectivity index (χ4n) is 6.86. The van der Waals surface area contributed by atoms with Crippen LogP contribution in [-0.2, 0) is 22.7 Å². The van der Waals surface area contributed by atoms with E-state index in [0.29, 0.717) is 87.3 Å². The minimum Gasteiger partial charge on any atom is -0.496 e. The Morgan fingerprint density at radius 2 is 1.42 bits per heavy atom. The summed E-state index contributed by atoms with van der Waals surface area (Å²) in [6.07, 6.45) is 5.81. The van der Waals surface area contributed by atoms with Crippen LogP contribution in [0.1, 0.15) is 36.8 Å². The summed E-state index contributed by atoms with van der Waals surface area (Å²) in [4.78, 5) is 40.8. The van der Waals surface area contributed by atoms with Crippen LogP contribution >= 0.6 is 23.2 Å². The van der Waals surface area contributed by atoms with E-state index in [1.807, 2.05) is 48.5 Å². The first-order valence-electron chi connectivity index (χ1n) is 17.1. The first-order chi connectivity index (χ1) is 25.2. The van der Waals surface area contributed by atoms with Crippen molar-refractivity contribution in [2.45, 2.75) is 50.9 Å². The minimum atomic E-state index is -0.440. The van der Waals surface area contributed by atoms with Gasteiger partial charge in [0.15, 0.2) is 0 Å². The molecule has 2 atom stereocenters. The number of rotatable bonds is 12. The Morgan fingerprint density at radius 3 is 2.02 bits per heavy atom. The zero-order valence-corrected chi connectivity index (χ0v) is 29.9. The molecular formula is C39H37Cl2FN6O4. The zero-order valence-electron chi connectivity index (χ0n) is 28.4. The van der Waals surface area contributed by atoms with Crippen LogP contribution in [0.4, 0.5) is 4.39 Å². The molecule has 13 heteroatoms. The molecule has 0 spiro atoms. The van der Waals surface area contributed by atoms with Gasteiger partial charge in [-0.05, 0) is 48.2 Å². The molecule has 0 saturated carbocycles. The molecule has 2 saturated heterocycles. The molecule has 0 bridgehead atoms. The molecule has 10 nitrogen and oxygen atoms in total. The van der Waals surface area contributed by atoms with Crippen LogP contribution in [0, 0.1) is 5.82 Å². The Balaban J connectivity index is 1.12. The van der Waals surface area contributed by atoms with E-state index in [0.717, 1.165) is 24.0 Å². The summed E-state index contributed by atoms with van der Waals surface area (Å²) in [6.45, 7) is 1.67. The lowest BCUT2D eigenvalue weighted by Gasteiger charge is -2.17. The first kappa shape index (κ1) is 35.6. The Labute approximate surface area is 309 Å². The lowest BCUT2D eigenvalue weighted by Crippen LogP contribution is -2.36. The minimum absolute atomic E-state index is 0.0243. The number of benzene rings is 3. The summed E-state index contributed by atoms with van der Waals surface area (Å²) >= 11 is 14.1. The van der Waals surface area contributed by atoms with Gasteiger partial charge in [0.2, 0.25) is 11.8 Å². The number of hydrogen-bond donors (Lipinski definition) is 4. The number of nitrogens with zero attached hydrogens (tertiary/aromatic N) is 2. The van der Waals surface area contributed by atoms with Gasteiger partial charge in [-0.2, -0.15) is 0 Å². The molecule has 2 aromatic heterocycles. The molecule has 3 aromatic carbocycles. The summed E-state index contributed by atoms with van der Waals surface area (Å²) in [6, 6.07) is 18.1. The molecule has 5 aromatic rings. The highest BCUT2D eigenvalue weighted by molar-refractivity contribution is 6.39. The molecule has 7 rings (SSSR count). The Morgan fingerprint density at radius 1 is 0.827 bits per heavy atom. The quantitative estimate of drug-likeness (QED) is 0.126. The van der Waals surface area contributed by atoms with Crippen LogP contribution < -0.4 is 31.6 Å². The number of aromatic nitrogens is 2. The highest BCUT2D eigenvalue weighted by atomic mass is 35.5. The van der Waals surface area contributed by atoms with Gasteiger partial charge in [0.1, 0.15) is 17.2 Å². The average Bonchev–Trinajstić information content (AvgIpc) is 3.76. The third-order valence-corrected chi connectivity index (χ3v) is 10.4. The molecular weight excluding hydrogens is 706 g/mol. The molecule has 268 valence electrons. The average molecular weight is 744 g/mol. The second kappa shape index (κ2) is 15.4. The van der Waals surface area contributed by atoms with Crippen LogP contribution in [-0.4, -0.2) is 53.5 Å². The van der Waals surface area contributed by atoms with Gasteiger partial charge in [-0.15, -0.1) is 0 Å². The summed E-state index contributed by atoms with van der Waals surface area (Å²) in [7, 11) is 1.50. The number of fused-ring (bicyclic) bond motifs is 1. The Bertz CT molecular complexity index is 2250. The normalized spacial score (nSPS) is 17.1. The molecule has 2 amide bonds. The lowest BCUT2D eigenvalue weighted by atomic mass is 9.95. The van der Waals surface area contributed by atoms with E-state index in [1.165, 1.54) is 17.6 Å². The molecule has 4 N–H and O–H groups in total. The maximum atomic E-state index is 15.6. The first-order valence-corrected chi connectivity index (χ1v) is 17.9. The van der Waals surface area contributed by atoms with Gasteiger partial charge < -0.3 is 26.0 Å². The SMILES string of the molecule is COc1cc(-c2cccc(-c3cccc(-c4ccn5c(=O)c(CNC[C@H]6CCC(=O)N6)cnc5c4)c3Cl)c2Cl)cc(F)c1CNC[C@H]1CCC(=O)N1. The fourth-order valence-corrected chi connectivity index (χ4v) is 7.54. The van der Waals surface area contributed by atoms with Gasteiger partial charge >= 0.3 is 0 Å². The van der Waals surface area contributed by atoms with E-state index >= 15 is 4.39 Å². The van der Waals surface area contributed by atoms with Crippen molar-refractivity contribution in [3.63, 3.8) is 0 Å². The molecule has 52 heavy (non-hydrogen) atoms. The smallest absolute Gasteiger partial charge is 0.262 e. The fraction of sp³-hybridized carbons (Fsp3) is 0.282. The largest absolute Gasteiger partial charge is 0.496 e. The van der Waals surface area contributed by atoms with E-state index in [2.05, 4.69) is 26.3 Å². The number of hydrogen-bond acceptors (Lipinski definition) is 7. The van der Waals surface area contributed by atoms with Crippen LogP contribution in [0.5, 0.6) is 5.75 Å². The summed E-state index contributed by atoms with van der Waals surface area (Å²) in [5.74, 6) is 0.0231. The molecule has 2 fully saturated rings. The highest BCUT2D eigenvalue weighted by Gasteiger charge is 2.23. The van der Waals surface area contributed by atoms with E-state index < -0.39 is 5.82 Å². The second-order valence-electron chi connectivity index (χ2n) is 13.1. The van der Waals surface area contributed by atoms with Gasteiger partial charge in [-0.25, -0.2) is 9.37 Å². The number of methoxy groups -OCH3 is 1. The van der Waals surface area contributed by atoms with E-state index in [1.54, 1.807) is 18.5 Å². The zero-order chi connectivity index (χ0) is 36.4. The van der Waals surface area contributed by atoms with Crippen molar-refractivity contribution in [3.8, 4) is 39.1 Å². The van der Waals surface area contributed by atoms with Crippen LogP contribution in [0.3, 0.4) is 0 Å². The van der Waals surface area contributed by atoms with E-state index in [-0.39, 0.29) is 36.0 Å². The summed E-state index contributed by atoms with van der Waals surface area (Å²) < 4.78 is 22.7. The second-order valence-corrected chi connectivity index (χ2v) is 13.8. The van der Waals surface area contributed by atoms with Crippen molar-refractivity contribution in [2.24, 2.45) is 0 Å². The lowest BCUT2D eigenvalue weighted by molar-refractivity contribution is -0.120. The van der Waals surface area contributed by atoms with Crippen molar-refractivity contribution in [2.75, 3.05) is 20.2 Å². The third-order valence-electron chi connectivity index (χ3n) is 9.63. The standard InChI is InChI=1S/C39H37Cl2FN6O4/c1-52-33-15-23(14-32(42)31(33)21-44-20-26-9-11-36(50)47-26)28-5-3-7-30(38(28)41)29-6-2-4-27(37(29)40)22-12-13-48-34(16-22)45-18-24(39(48)51)17-43-19-25-8-10-35(49)46-25/h2-7,12-16,18,25-26,43-44H,8-11,17,19-21H2,1H3,(H,46,49)(H,47,50)/t25-,26-/m1/s1. The maximum absolute atomic E-state index is 15.6. The number of amides is 2. The van der Waals surface area contributed by atoms with Gasteiger partial charge in [0.25, 0.3) is 5.56 Å². The summed E-state index contributed by atoms with van der Waals surface area (Å²) in [5.41, 5.74) is 5.18. The van der Waals surface area contributed by atoms with Crippen molar-refractivity contribution in [1.82, 2.24) is 30.7 Å². The van der Waals surface area contributed by atoms with Gasteiger partial charge in [0, 0.05) is 96.9 Å². The molecule has 2 aliphatic rings. The predicted molar refractivity (Wildman–Crippen MR) is 200 cm³/mol. The summed E-state index contributed by atoms with van der Waals surface area (Å²) in [5, 5.41) is 13.1. The Kier molecular flexibility index (Phi) is 10.6. The number of halogens is 3. The number of nitrogens with one attached hydrogen (secondary N) is 4. The molecule has 0 aliphatic carbocycles. The molecule has 4 heterocycles. The van der Waals surface area contributed by atoms with Crippen molar-refractivity contribution in [3.05, 3.63) is 110 Å². The number of carbonyl (C=O) groups is 2. The highest BCUT2D eigenvalue weighted by Crippen LogP contribution is 2.43. The number of carbonyl (C=O) groups excluding carboxylic acids is 2. The predicted octanol–water partition coefficient (Wildman–Crippen LogP) is 5.89. The van der Waals surface area contributed by atoms with Crippen molar-refractivity contribution >= 4 is 40.7 Å². The Hall–Kier alpha value is -4.81. The van der Waals surface area contributed by atoms with E-state index in [4.69, 9.17) is 27.9 Å². The van der Waals surface area contributed by atoms with Crippen LogP contribution in [0.25, 0.3) is 39.0 Å². The van der Waals surface area contributed by atoms with E-state index in [9.17, 15) is 14.4 Å². The van der Waals surface area contributed by atoms with Crippen LogP contribution in [0.15, 0.2) is 77.9 Å². The van der Waals surface area contributed by atoms with Crippen molar-refractivity contribution in [1.29, 1.82) is 0 Å².